The fourth-order valence-electron chi connectivity index (χ4n) is 6.61. The third kappa shape index (κ3) is 4.68. The average Bonchev–Trinajstić information content (AvgIpc) is 2.79. The summed E-state index contributed by atoms with van der Waals surface area (Å²) in [4.78, 5) is 50.9. The second-order valence-electron chi connectivity index (χ2n) is 10.7. The lowest BCUT2D eigenvalue weighted by Crippen LogP contribution is -2.57. The van der Waals surface area contributed by atoms with Crippen molar-refractivity contribution in [3.05, 3.63) is 29.3 Å². The van der Waals surface area contributed by atoms with E-state index in [1.165, 1.54) is 51.7 Å². The maximum Gasteiger partial charge on any atom is 0.337 e. The zero-order chi connectivity index (χ0) is 24.6. The van der Waals surface area contributed by atoms with Crippen LogP contribution >= 0.6 is 0 Å². The Morgan fingerprint density at radius 3 is 1.74 bits per heavy atom. The molecule has 0 aliphatic heterocycles. The molecule has 4 fully saturated rings. The van der Waals surface area contributed by atoms with Crippen LogP contribution in [-0.2, 0) is 19.1 Å². The molecule has 0 spiro atoms. The minimum absolute atomic E-state index is 0.0148. The van der Waals surface area contributed by atoms with Crippen LogP contribution in [0.2, 0.25) is 0 Å². The number of methoxy groups -OCH3 is 2. The molecule has 1 atom stereocenters. The summed E-state index contributed by atoms with van der Waals surface area (Å²) in [7, 11) is 2.47. The molecule has 0 radical (unpaired) electrons. The summed E-state index contributed by atoms with van der Waals surface area (Å²) < 4.78 is 9.52. The van der Waals surface area contributed by atoms with Crippen LogP contribution in [0, 0.1) is 29.1 Å². The summed E-state index contributed by atoms with van der Waals surface area (Å²) in [5, 5.41) is 5.83. The van der Waals surface area contributed by atoms with E-state index in [1.807, 2.05) is 13.8 Å². The van der Waals surface area contributed by atoms with E-state index in [-0.39, 0.29) is 34.1 Å². The van der Waals surface area contributed by atoms with Crippen LogP contribution in [0.15, 0.2) is 18.2 Å². The Bertz CT molecular complexity index is 931. The first-order chi connectivity index (χ1) is 16.1. The van der Waals surface area contributed by atoms with E-state index in [0.717, 1.165) is 19.3 Å². The number of esters is 2. The summed E-state index contributed by atoms with van der Waals surface area (Å²) in [6, 6.07) is 3.48. The minimum Gasteiger partial charge on any atom is -0.465 e. The second-order valence-corrected chi connectivity index (χ2v) is 10.7. The van der Waals surface area contributed by atoms with Gasteiger partial charge in [0.15, 0.2) is 0 Å². The topological polar surface area (TPSA) is 111 Å². The van der Waals surface area contributed by atoms with Gasteiger partial charge in [0.1, 0.15) is 6.04 Å². The maximum atomic E-state index is 13.5. The molecule has 34 heavy (non-hydrogen) atoms. The van der Waals surface area contributed by atoms with Gasteiger partial charge >= 0.3 is 11.9 Å². The lowest BCUT2D eigenvalue weighted by molar-refractivity contribution is -0.148. The van der Waals surface area contributed by atoms with Crippen molar-refractivity contribution in [1.82, 2.24) is 5.32 Å². The van der Waals surface area contributed by atoms with E-state index >= 15 is 0 Å². The first-order valence-electron chi connectivity index (χ1n) is 12.1. The van der Waals surface area contributed by atoms with Crippen molar-refractivity contribution in [3.8, 4) is 0 Å². The molecule has 2 amide bonds. The largest absolute Gasteiger partial charge is 0.465 e. The van der Waals surface area contributed by atoms with Gasteiger partial charge in [0.25, 0.3) is 0 Å². The van der Waals surface area contributed by atoms with Crippen molar-refractivity contribution >= 4 is 29.4 Å². The molecule has 1 aromatic rings. The standard InChI is InChI=1S/C26H34N2O6/c1-14(2)21(28-25(32)26-11-15-5-16(12-26)7-17(6-15)13-26)22(29)27-20-9-18(23(30)33-3)8-19(10-20)24(31)34-4/h8-10,14-17,21H,5-7,11-13H2,1-4H3,(H,27,29)(H,28,32)/t15?,16?,17?,21-,26?/m1/s1. The fraction of sp³-hybridized carbons (Fsp3) is 0.615. The Hall–Kier alpha value is -2.90. The number of hydrogen-bond acceptors (Lipinski definition) is 6. The predicted molar refractivity (Wildman–Crippen MR) is 125 cm³/mol. The molecule has 4 aliphatic carbocycles. The highest BCUT2D eigenvalue weighted by Gasteiger charge is 2.55. The second kappa shape index (κ2) is 9.39. The molecule has 4 bridgehead atoms. The van der Waals surface area contributed by atoms with Gasteiger partial charge in [-0.2, -0.15) is 0 Å². The first kappa shape index (κ1) is 24.2. The van der Waals surface area contributed by atoms with Crippen LogP contribution in [0.3, 0.4) is 0 Å². The number of hydrogen-bond donors (Lipinski definition) is 2. The van der Waals surface area contributed by atoms with Crippen molar-refractivity contribution in [2.75, 3.05) is 19.5 Å². The molecule has 184 valence electrons. The van der Waals surface area contributed by atoms with Crippen molar-refractivity contribution in [1.29, 1.82) is 0 Å². The number of benzene rings is 1. The van der Waals surface area contributed by atoms with Crippen molar-refractivity contribution in [2.24, 2.45) is 29.1 Å². The maximum absolute atomic E-state index is 13.5. The highest BCUT2D eigenvalue weighted by atomic mass is 16.5. The molecule has 4 saturated carbocycles. The summed E-state index contributed by atoms with van der Waals surface area (Å²) in [6.07, 6.45) is 6.46. The fourth-order valence-corrected chi connectivity index (χ4v) is 6.61. The number of anilines is 1. The van der Waals surface area contributed by atoms with Crippen molar-refractivity contribution < 1.29 is 28.7 Å². The molecule has 0 heterocycles. The number of nitrogens with one attached hydrogen (secondary N) is 2. The summed E-state index contributed by atoms with van der Waals surface area (Å²) >= 11 is 0. The van der Waals surface area contributed by atoms with Gasteiger partial charge in [-0.1, -0.05) is 13.8 Å². The number of carbonyl (C=O) groups excluding carboxylic acids is 4. The van der Waals surface area contributed by atoms with Gasteiger partial charge in [-0.25, -0.2) is 9.59 Å². The van der Waals surface area contributed by atoms with E-state index in [4.69, 9.17) is 9.47 Å². The SMILES string of the molecule is COC(=O)c1cc(NC(=O)[C@H](NC(=O)C23CC4CC(CC(C4)C2)C3)C(C)C)cc(C(=O)OC)c1. The highest BCUT2D eigenvalue weighted by molar-refractivity contribution is 6.02. The van der Waals surface area contributed by atoms with Gasteiger partial charge in [0.2, 0.25) is 11.8 Å². The first-order valence-corrected chi connectivity index (χ1v) is 12.1. The summed E-state index contributed by atoms with van der Waals surface area (Å²) in [5.41, 5.74) is 0.118. The molecule has 2 N–H and O–H groups in total. The van der Waals surface area contributed by atoms with E-state index in [2.05, 4.69) is 10.6 Å². The molecule has 0 unspecified atom stereocenters. The van der Waals surface area contributed by atoms with Crippen LogP contribution in [0.1, 0.15) is 73.1 Å². The summed E-state index contributed by atoms with van der Waals surface area (Å²) in [5.74, 6) is 0.0311. The lowest BCUT2D eigenvalue weighted by atomic mass is 9.49. The molecule has 0 saturated heterocycles. The Morgan fingerprint density at radius 2 is 1.32 bits per heavy atom. The van der Waals surface area contributed by atoms with Crippen LogP contribution < -0.4 is 10.6 Å². The molecule has 0 aromatic heterocycles. The highest BCUT2D eigenvalue weighted by Crippen LogP contribution is 2.60. The van der Waals surface area contributed by atoms with Gasteiger partial charge in [0, 0.05) is 11.1 Å². The predicted octanol–water partition coefficient (Wildman–Crippen LogP) is 3.56. The Kier molecular flexibility index (Phi) is 6.69. The van der Waals surface area contributed by atoms with E-state index in [0.29, 0.717) is 17.8 Å². The zero-order valence-electron chi connectivity index (χ0n) is 20.3. The third-order valence-corrected chi connectivity index (χ3v) is 7.80. The molecule has 1 aromatic carbocycles. The quantitative estimate of drug-likeness (QED) is 0.590. The van der Waals surface area contributed by atoms with Gasteiger partial charge in [-0.15, -0.1) is 0 Å². The van der Waals surface area contributed by atoms with Crippen LogP contribution in [0.4, 0.5) is 5.69 Å². The normalized spacial score (nSPS) is 27.7. The number of rotatable bonds is 7. The van der Waals surface area contributed by atoms with E-state index in [9.17, 15) is 19.2 Å². The lowest BCUT2D eigenvalue weighted by Gasteiger charge is -2.55. The third-order valence-electron chi connectivity index (χ3n) is 7.80. The van der Waals surface area contributed by atoms with Gasteiger partial charge < -0.3 is 20.1 Å². The smallest absolute Gasteiger partial charge is 0.337 e. The Balaban J connectivity index is 1.52. The minimum atomic E-state index is -0.746. The molecule has 5 rings (SSSR count). The molecule has 4 aliphatic rings. The van der Waals surface area contributed by atoms with Crippen molar-refractivity contribution in [2.45, 2.75) is 58.4 Å². The van der Waals surface area contributed by atoms with E-state index in [1.54, 1.807) is 0 Å². The summed E-state index contributed by atoms with van der Waals surface area (Å²) in [6.45, 7) is 3.77. The van der Waals surface area contributed by atoms with E-state index < -0.39 is 23.9 Å². The zero-order valence-corrected chi connectivity index (χ0v) is 20.3. The van der Waals surface area contributed by atoms with Crippen LogP contribution in [0.5, 0.6) is 0 Å². The Labute approximate surface area is 200 Å². The molecular weight excluding hydrogens is 436 g/mol. The Morgan fingerprint density at radius 1 is 0.853 bits per heavy atom. The number of carbonyl (C=O) groups is 4. The van der Waals surface area contributed by atoms with Crippen LogP contribution in [0.25, 0.3) is 0 Å². The molecule has 8 heteroatoms. The number of amides is 2. The number of ether oxygens (including phenoxy) is 2. The van der Waals surface area contributed by atoms with Gasteiger partial charge in [-0.3, -0.25) is 9.59 Å². The molecular formula is C26H34N2O6. The van der Waals surface area contributed by atoms with Crippen LogP contribution in [-0.4, -0.2) is 44.0 Å². The van der Waals surface area contributed by atoms with Gasteiger partial charge in [-0.05, 0) is 80.4 Å². The van der Waals surface area contributed by atoms with Crippen molar-refractivity contribution in [3.63, 3.8) is 0 Å². The van der Waals surface area contributed by atoms with Gasteiger partial charge in [0.05, 0.1) is 25.3 Å². The monoisotopic (exact) mass is 470 g/mol. The average molecular weight is 471 g/mol. The molecule has 8 nitrogen and oxygen atoms in total.